The van der Waals surface area contributed by atoms with Crippen LogP contribution in [0.5, 0.6) is 0 Å². The second-order valence-electron chi connectivity index (χ2n) is 3.71. The molecular formula is C12H6BrClFN3. The van der Waals surface area contributed by atoms with Crippen molar-refractivity contribution in [1.82, 2.24) is 14.6 Å². The molecular weight excluding hydrogens is 321 g/mol. The summed E-state index contributed by atoms with van der Waals surface area (Å²) in [7, 11) is 0. The zero-order valence-corrected chi connectivity index (χ0v) is 11.3. The van der Waals surface area contributed by atoms with Crippen LogP contribution in [0.3, 0.4) is 0 Å². The van der Waals surface area contributed by atoms with Gasteiger partial charge in [0, 0.05) is 10.6 Å². The van der Waals surface area contributed by atoms with Crippen molar-refractivity contribution >= 4 is 33.2 Å². The summed E-state index contributed by atoms with van der Waals surface area (Å²) in [6.07, 6.45) is 1.71. The van der Waals surface area contributed by atoms with Crippen molar-refractivity contribution in [2.75, 3.05) is 0 Å². The first-order chi connectivity index (χ1) is 8.63. The van der Waals surface area contributed by atoms with E-state index in [4.69, 9.17) is 11.6 Å². The van der Waals surface area contributed by atoms with Crippen LogP contribution >= 0.6 is 27.5 Å². The molecule has 3 nitrogen and oxygen atoms in total. The number of rotatable bonds is 1. The predicted octanol–water partition coefficient (Wildman–Crippen LogP) is 3.95. The van der Waals surface area contributed by atoms with Crippen molar-refractivity contribution < 1.29 is 4.39 Å². The van der Waals surface area contributed by atoms with Crippen molar-refractivity contribution in [3.05, 3.63) is 52.0 Å². The van der Waals surface area contributed by atoms with Gasteiger partial charge in [-0.25, -0.2) is 13.9 Å². The topological polar surface area (TPSA) is 30.2 Å². The average molecular weight is 327 g/mol. The van der Waals surface area contributed by atoms with Gasteiger partial charge in [-0.05, 0) is 46.3 Å². The molecule has 6 heteroatoms. The minimum absolute atomic E-state index is 0.356. The van der Waals surface area contributed by atoms with Gasteiger partial charge in [-0.15, -0.1) is 0 Å². The maximum atomic E-state index is 13.7. The summed E-state index contributed by atoms with van der Waals surface area (Å²) < 4.78 is 16.0. The van der Waals surface area contributed by atoms with E-state index in [1.54, 1.807) is 28.9 Å². The number of fused-ring (bicyclic) bond motifs is 1. The zero-order valence-electron chi connectivity index (χ0n) is 8.94. The predicted molar refractivity (Wildman–Crippen MR) is 71.1 cm³/mol. The SMILES string of the molecule is Fc1ccc(Cl)cc1-c1ccc2nc(Br)cn2n1. The van der Waals surface area contributed by atoms with Gasteiger partial charge in [0.1, 0.15) is 10.4 Å². The highest BCUT2D eigenvalue weighted by atomic mass is 79.9. The van der Waals surface area contributed by atoms with Gasteiger partial charge in [0.25, 0.3) is 0 Å². The van der Waals surface area contributed by atoms with E-state index in [0.29, 0.717) is 26.5 Å². The molecule has 3 aromatic rings. The quantitative estimate of drug-likeness (QED) is 0.678. The average Bonchev–Trinajstić information content (AvgIpc) is 2.71. The van der Waals surface area contributed by atoms with E-state index in [1.807, 2.05) is 0 Å². The van der Waals surface area contributed by atoms with Gasteiger partial charge in [-0.3, -0.25) is 0 Å². The van der Waals surface area contributed by atoms with Crippen molar-refractivity contribution in [3.8, 4) is 11.3 Å². The van der Waals surface area contributed by atoms with Crippen LogP contribution in [0.4, 0.5) is 4.39 Å². The molecule has 0 bridgehead atoms. The number of hydrogen-bond donors (Lipinski definition) is 0. The number of hydrogen-bond acceptors (Lipinski definition) is 2. The van der Waals surface area contributed by atoms with E-state index in [1.165, 1.54) is 12.1 Å². The van der Waals surface area contributed by atoms with E-state index in [-0.39, 0.29) is 5.82 Å². The highest BCUT2D eigenvalue weighted by molar-refractivity contribution is 9.10. The van der Waals surface area contributed by atoms with Gasteiger partial charge >= 0.3 is 0 Å². The fraction of sp³-hybridized carbons (Fsp3) is 0. The van der Waals surface area contributed by atoms with Crippen LogP contribution in [0.1, 0.15) is 0 Å². The molecule has 0 fully saturated rings. The molecule has 0 radical (unpaired) electrons. The molecule has 18 heavy (non-hydrogen) atoms. The summed E-state index contributed by atoms with van der Waals surface area (Å²) in [6.45, 7) is 0. The second-order valence-corrected chi connectivity index (χ2v) is 4.96. The summed E-state index contributed by atoms with van der Waals surface area (Å²) in [5.41, 5.74) is 1.56. The Morgan fingerprint density at radius 2 is 2.06 bits per heavy atom. The monoisotopic (exact) mass is 325 g/mol. The molecule has 90 valence electrons. The normalized spacial score (nSPS) is 11.1. The van der Waals surface area contributed by atoms with E-state index >= 15 is 0 Å². The van der Waals surface area contributed by atoms with Crippen LogP contribution in [0.25, 0.3) is 16.9 Å². The Labute approximate surface area is 115 Å². The second kappa shape index (κ2) is 4.33. The molecule has 2 aromatic heterocycles. The van der Waals surface area contributed by atoms with Gasteiger partial charge < -0.3 is 0 Å². The fourth-order valence-electron chi connectivity index (χ4n) is 1.69. The molecule has 0 spiro atoms. The van der Waals surface area contributed by atoms with E-state index in [0.717, 1.165) is 0 Å². The molecule has 0 N–H and O–H groups in total. The van der Waals surface area contributed by atoms with Crippen LogP contribution in [0, 0.1) is 5.82 Å². The number of aromatic nitrogens is 3. The standard InChI is InChI=1S/C12H6BrClFN3/c13-11-6-18-12(16-11)4-3-10(17-18)8-5-7(14)1-2-9(8)15/h1-6H. The van der Waals surface area contributed by atoms with Crippen LogP contribution in [0.2, 0.25) is 5.02 Å². The Morgan fingerprint density at radius 3 is 2.89 bits per heavy atom. The van der Waals surface area contributed by atoms with E-state index in [9.17, 15) is 4.39 Å². The van der Waals surface area contributed by atoms with Crippen LogP contribution in [-0.4, -0.2) is 14.6 Å². The molecule has 2 heterocycles. The van der Waals surface area contributed by atoms with Crippen molar-refractivity contribution in [2.24, 2.45) is 0 Å². The maximum absolute atomic E-state index is 13.7. The molecule has 0 aliphatic rings. The summed E-state index contributed by atoms with van der Waals surface area (Å²) >= 11 is 9.13. The van der Waals surface area contributed by atoms with Crippen LogP contribution < -0.4 is 0 Å². The smallest absolute Gasteiger partial charge is 0.154 e. The van der Waals surface area contributed by atoms with Gasteiger partial charge in [0.2, 0.25) is 0 Å². The minimum Gasteiger partial charge on any atom is -0.220 e. The highest BCUT2D eigenvalue weighted by Gasteiger charge is 2.09. The van der Waals surface area contributed by atoms with Gasteiger partial charge in [-0.1, -0.05) is 11.6 Å². The molecule has 0 amide bonds. The third-order valence-electron chi connectivity index (χ3n) is 2.50. The Kier molecular flexibility index (Phi) is 2.80. The molecule has 0 aliphatic heterocycles. The highest BCUT2D eigenvalue weighted by Crippen LogP contribution is 2.24. The molecule has 1 aromatic carbocycles. The van der Waals surface area contributed by atoms with Crippen molar-refractivity contribution in [3.63, 3.8) is 0 Å². The Balaban J connectivity index is 2.21. The lowest BCUT2D eigenvalue weighted by Gasteiger charge is -2.03. The third-order valence-corrected chi connectivity index (χ3v) is 3.11. The van der Waals surface area contributed by atoms with Crippen molar-refractivity contribution in [2.45, 2.75) is 0 Å². The first-order valence-electron chi connectivity index (χ1n) is 5.11. The lowest BCUT2D eigenvalue weighted by atomic mass is 10.1. The molecule has 0 atom stereocenters. The third kappa shape index (κ3) is 2.00. The van der Waals surface area contributed by atoms with E-state index in [2.05, 4.69) is 26.0 Å². The van der Waals surface area contributed by atoms with E-state index < -0.39 is 0 Å². The van der Waals surface area contributed by atoms with Crippen LogP contribution in [0.15, 0.2) is 41.1 Å². The summed E-state index contributed by atoms with van der Waals surface area (Å²) in [5.74, 6) is -0.356. The van der Waals surface area contributed by atoms with Gasteiger partial charge in [0.05, 0.1) is 11.9 Å². The molecule has 0 unspecified atom stereocenters. The van der Waals surface area contributed by atoms with Gasteiger partial charge in [0.15, 0.2) is 5.65 Å². The zero-order chi connectivity index (χ0) is 12.7. The lowest BCUT2D eigenvalue weighted by Crippen LogP contribution is -1.94. The molecule has 0 saturated heterocycles. The Bertz CT molecular complexity index is 741. The number of nitrogens with zero attached hydrogens (tertiary/aromatic N) is 3. The number of halogens is 3. The number of imidazole rings is 1. The summed E-state index contributed by atoms with van der Waals surface area (Å²) in [4.78, 5) is 4.19. The maximum Gasteiger partial charge on any atom is 0.154 e. The number of benzene rings is 1. The molecule has 0 saturated carbocycles. The largest absolute Gasteiger partial charge is 0.220 e. The lowest BCUT2D eigenvalue weighted by molar-refractivity contribution is 0.630. The summed E-state index contributed by atoms with van der Waals surface area (Å²) in [5, 5.41) is 4.77. The summed E-state index contributed by atoms with van der Waals surface area (Å²) in [6, 6.07) is 7.87. The molecule has 0 aliphatic carbocycles. The van der Waals surface area contributed by atoms with Crippen molar-refractivity contribution in [1.29, 1.82) is 0 Å². The Morgan fingerprint density at radius 1 is 1.22 bits per heavy atom. The Hall–Kier alpha value is -1.46. The molecule has 3 rings (SSSR count). The first-order valence-corrected chi connectivity index (χ1v) is 6.28. The van der Waals surface area contributed by atoms with Crippen LogP contribution in [-0.2, 0) is 0 Å². The van der Waals surface area contributed by atoms with Gasteiger partial charge in [-0.2, -0.15) is 5.10 Å². The minimum atomic E-state index is -0.356. The fourth-order valence-corrected chi connectivity index (χ4v) is 2.24. The first kappa shape index (κ1) is 11.6.